The van der Waals surface area contributed by atoms with Crippen molar-refractivity contribution >= 4 is 11.7 Å². The Morgan fingerprint density at radius 2 is 1.93 bits per heavy atom. The molecule has 0 saturated carbocycles. The number of carbonyl (C=O) groups excluding carboxylic acids is 1. The summed E-state index contributed by atoms with van der Waals surface area (Å²) in [4.78, 5) is 11.2. The zero-order chi connectivity index (χ0) is 10.6. The van der Waals surface area contributed by atoms with E-state index in [1.807, 2.05) is 19.9 Å². The second-order valence-corrected chi connectivity index (χ2v) is 2.48. The van der Waals surface area contributed by atoms with Crippen LogP contribution in [0.4, 0.5) is 5.69 Å². The van der Waals surface area contributed by atoms with Crippen molar-refractivity contribution in [2.24, 2.45) is 0 Å². The molecular formula is C11H13NO2. The highest BCUT2D eigenvalue weighted by Gasteiger charge is 2.19. The Bertz CT molecular complexity index is 358. The molecule has 0 atom stereocenters. The lowest BCUT2D eigenvalue weighted by Gasteiger charge is -2.18. The summed E-state index contributed by atoms with van der Waals surface area (Å²) in [6.45, 7) is 7.51. The summed E-state index contributed by atoms with van der Waals surface area (Å²) >= 11 is 0. The lowest BCUT2D eigenvalue weighted by molar-refractivity contribution is 0.0621. The van der Waals surface area contributed by atoms with Crippen LogP contribution in [0.3, 0.4) is 0 Å². The summed E-state index contributed by atoms with van der Waals surface area (Å²) in [6, 6.07) is 7.14. The molecule has 1 aliphatic heterocycles. The molecule has 0 amide bonds. The Kier molecular flexibility index (Phi) is 3.29. The number of anilines is 1. The van der Waals surface area contributed by atoms with Crippen molar-refractivity contribution in [3.63, 3.8) is 0 Å². The standard InChI is InChI=1S/C9H7NO2.C2H6/c1-6-10-8-5-3-2-4-7(8)9(11)12-6;1-2/h2-5,10H,1H2;1-2H3. The lowest BCUT2D eigenvalue weighted by Crippen LogP contribution is -2.18. The Morgan fingerprint density at radius 1 is 1.29 bits per heavy atom. The molecule has 0 radical (unpaired) electrons. The van der Waals surface area contributed by atoms with Crippen molar-refractivity contribution in [1.29, 1.82) is 0 Å². The minimum Gasteiger partial charge on any atom is -0.407 e. The van der Waals surface area contributed by atoms with Gasteiger partial charge in [0.1, 0.15) is 0 Å². The molecule has 3 nitrogen and oxygen atoms in total. The lowest BCUT2D eigenvalue weighted by atomic mass is 10.1. The molecular weight excluding hydrogens is 178 g/mol. The molecule has 0 aromatic heterocycles. The number of carbonyl (C=O) groups is 1. The zero-order valence-electron chi connectivity index (χ0n) is 8.33. The van der Waals surface area contributed by atoms with E-state index in [9.17, 15) is 4.79 Å². The van der Waals surface area contributed by atoms with E-state index in [0.29, 0.717) is 5.56 Å². The fraction of sp³-hybridized carbons (Fsp3) is 0.182. The molecule has 1 aliphatic rings. The summed E-state index contributed by atoms with van der Waals surface area (Å²) in [5.74, 6) is -0.0759. The molecule has 2 rings (SSSR count). The third kappa shape index (κ3) is 1.93. The number of nitrogens with one attached hydrogen (secondary N) is 1. The van der Waals surface area contributed by atoms with Gasteiger partial charge in [0, 0.05) is 0 Å². The molecule has 14 heavy (non-hydrogen) atoms. The van der Waals surface area contributed by atoms with Gasteiger partial charge in [-0.1, -0.05) is 26.0 Å². The fourth-order valence-electron chi connectivity index (χ4n) is 1.11. The van der Waals surface area contributed by atoms with Crippen LogP contribution in [0.1, 0.15) is 24.2 Å². The molecule has 0 fully saturated rings. The summed E-state index contributed by atoms with van der Waals surface area (Å²) < 4.78 is 4.77. The van der Waals surface area contributed by atoms with E-state index in [-0.39, 0.29) is 11.9 Å². The van der Waals surface area contributed by atoms with Crippen LogP contribution in [0, 0.1) is 0 Å². The first-order valence-corrected chi connectivity index (χ1v) is 4.54. The molecule has 0 bridgehead atoms. The number of cyclic esters (lactones) is 1. The van der Waals surface area contributed by atoms with Gasteiger partial charge >= 0.3 is 5.97 Å². The number of hydrogen-bond acceptors (Lipinski definition) is 3. The van der Waals surface area contributed by atoms with Crippen molar-refractivity contribution < 1.29 is 9.53 Å². The first-order chi connectivity index (χ1) is 6.77. The van der Waals surface area contributed by atoms with E-state index in [4.69, 9.17) is 4.74 Å². The van der Waals surface area contributed by atoms with Crippen LogP contribution in [0.2, 0.25) is 0 Å². The first-order valence-electron chi connectivity index (χ1n) is 4.54. The molecule has 1 heterocycles. The average Bonchev–Trinajstić information content (AvgIpc) is 2.20. The summed E-state index contributed by atoms with van der Waals surface area (Å²) in [5, 5.41) is 2.85. The van der Waals surface area contributed by atoms with E-state index in [1.54, 1.807) is 18.2 Å². The topological polar surface area (TPSA) is 38.3 Å². The number of rotatable bonds is 0. The largest absolute Gasteiger partial charge is 0.407 e. The second-order valence-electron chi connectivity index (χ2n) is 2.48. The third-order valence-electron chi connectivity index (χ3n) is 1.64. The van der Waals surface area contributed by atoms with Crippen LogP contribution in [0.5, 0.6) is 0 Å². The van der Waals surface area contributed by atoms with Gasteiger partial charge < -0.3 is 10.1 Å². The van der Waals surface area contributed by atoms with Crippen LogP contribution in [-0.4, -0.2) is 5.97 Å². The zero-order valence-corrected chi connectivity index (χ0v) is 8.33. The van der Waals surface area contributed by atoms with Crippen LogP contribution in [0.25, 0.3) is 0 Å². The second kappa shape index (κ2) is 4.46. The quantitative estimate of drug-likeness (QED) is 0.641. The number of ether oxygens (including phenoxy) is 1. The van der Waals surface area contributed by atoms with Gasteiger partial charge in [0.15, 0.2) is 5.88 Å². The third-order valence-corrected chi connectivity index (χ3v) is 1.64. The molecule has 0 unspecified atom stereocenters. The van der Waals surface area contributed by atoms with E-state index >= 15 is 0 Å². The van der Waals surface area contributed by atoms with Crippen molar-refractivity contribution in [3.05, 3.63) is 42.3 Å². The molecule has 3 heteroatoms. The molecule has 1 aromatic rings. The molecule has 0 saturated heterocycles. The van der Waals surface area contributed by atoms with Gasteiger partial charge in [0.05, 0.1) is 11.3 Å². The minimum absolute atomic E-state index is 0.277. The van der Waals surface area contributed by atoms with Crippen molar-refractivity contribution in [1.82, 2.24) is 0 Å². The van der Waals surface area contributed by atoms with Crippen LogP contribution in [-0.2, 0) is 4.74 Å². The van der Waals surface area contributed by atoms with Crippen LogP contribution >= 0.6 is 0 Å². The molecule has 0 spiro atoms. The predicted octanol–water partition coefficient (Wildman–Crippen LogP) is 2.77. The van der Waals surface area contributed by atoms with Gasteiger partial charge in [-0.3, -0.25) is 0 Å². The Balaban J connectivity index is 0.000000461. The average molecular weight is 191 g/mol. The highest BCUT2D eigenvalue weighted by molar-refractivity contribution is 5.98. The fourth-order valence-corrected chi connectivity index (χ4v) is 1.11. The Morgan fingerprint density at radius 3 is 2.64 bits per heavy atom. The van der Waals surface area contributed by atoms with Crippen molar-refractivity contribution in [2.75, 3.05) is 5.32 Å². The van der Waals surface area contributed by atoms with Gasteiger partial charge in [-0.05, 0) is 18.7 Å². The van der Waals surface area contributed by atoms with E-state index in [0.717, 1.165) is 5.69 Å². The monoisotopic (exact) mass is 191 g/mol. The van der Waals surface area contributed by atoms with E-state index in [2.05, 4.69) is 11.9 Å². The molecule has 0 aliphatic carbocycles. The van der Waals surface area contributed by atoms with Crippen LogP contribution in [0.15, 0.2) is 36.7 Å². The van der Waals surface area contributed by atoms with Crippen molar-refractivity contribution in [3.8, 4) is 0 Å². The Labute approximate surface area is 83.4 Å². The SMILES string of the molecule is C=C1Nc2ccccc2C(=O)O1.CC. The predicted molar refractivity (Wildman–Crippen MR) is 56.0 cm³/mol. The minimum atomic E-state index is -0.352. The highest BCUT2D eigenvalue weighted by atomic mass is 16.5. The molecule has 74 valence electrons. The van der Waals surface area contributed by atoms with Gasteiger partial charge in [0.25, 0.3) is 0 Å². The number of hydrogen-bond donors (Lipinski definition) is 1. The Hall–Kier alpha value is -1.77. The summed E-state index contributed by atoms with van der Waals surface area (Å²) in [5.41, 5.74) is 1.30. The van der Waals surface area contributed by atoms with Gasteiger partial charge in [-0.2, -0.15) is 0 Å². The number of esters is 1. The van der Waals surface area contributed by atoms with E-state index < -0.39 is 0 Å². The van der Waals surface area contributed by atoms with Crippen LogP contribution < -0.4 is 5.32 Å². The first kappa shape index (κ1) is 10.3. The highest BCUT2D eigenvalue weighted by Crippen LogP contribution is 2.22. The van der Waals surface area contributed by atoms with Gasteiger partial charge in [0.2, 0.25) is 0 Å². The number of fused-ring (bicyclic) bond motifs is 1. The van der Waals surface area contributed by atoms with E-state index in [1.165, 1.54) is 0 Å². The molecule has 1 aromatic carbocycles. The summed E-state index contributed by atoms with van der Waals surface area (Å²) in [7, 11) is 0. The summed E-state index contributed by atoms with van der Waals surface area (Å²) in [6.07, 6.45) is 0. The molecule has 1 N–H and O–H groups in total. The maximum absolute atomic E-state index is 11.2. The maximum atomic E-state index is 11.2. The van der Waals surface area contributed by atoms with Gasteiger partial charge in [-0.15, -0.1) is 0 Å². The smallest absolute Gasteiger partial charge is 0.346 e. The van der Waals surface area contributed by atoms with Gasteiger partial charge in [-0.25, -0.2) is 4.79 Å². The maximum Gasteiger partial charge on any atom is 0.346 e. The normalized spacial score (nSPS) is 13.0. The van der Waals surface area contributed by atoms with Crippen molar-refractivity contribution in [2.45, 2.75) is 13.8 Å². The number of benzene rings is 1. The number of para-hydroxylation sites is 1.